The van der Waals surface area contributed by atoms with Crippen molar-refractivity contribution >= 4 is 29.4 Å². The maximum Gasteiger partial charge on any atom is 0.341 e. The van der Waals surface area contributed by atoms with Crippen molar-refractivity contribution in [1.29, 1.82) is 0 Å². The largest absolute Gasteiger partial charge is 0.477 e. The minimum Gasteiger partial charge on any atom is -0.477 e. The van der Waals surface area contributed by atoms with E-state index in [1.165, 1.54) is 18.0 Å². The van der Waals surface area contributed by atoms with Crippen LogP contribution in [-0.4, -0.2) is 37.1 Å². The summed E-state index contributed by atoms with van der Waals surface area (Å²) in [7, 11) is 0. The number of anilines is 2. The van der Waals surface area contributed by atoms with Gasteiger partial charge in [-0.05, 0) is 37.3 Å². The summed E-state index contributed by atoms with van der Waals surface area (Å²) in [4.78, 5) is 20.1. The smallest absolute Gasteiger partial charge is 0.341 e. The number of aromatic carboxylic acids is 1. The summed E-state index contributed by atoms with van der Waals surface area (Å²) < 4.78 is 1.81. The standard InChI is InChI=1S/C21H25N5O2S/c1-12-7-8-13(2)15(9-12)26-17(10-16(25-26)21(3,4)5)23-18-14(19(27)28)11-22-20(24-18)29-6/h7-11H,1-6H3,(H,27,28)(H,22,23,24). The third kappa shape index (κ3) is 4.42. The number of carbonyl (C=O) groups is 1. The van der Waals surface area contributed by atoms with Crippen molar-refractivity contribution < 1.29 is 9.90 Å². The summed E-state index contributed by atoms with van der Waals surface area (Å²) in [6, 6.07) is 8.10. The first kappa shape index (κ1) is 20.9. The molecule has 3 aromatic rings. The van der Waals surface area contributed by atoms with Crippen molar-refractivity contribution in [1.82, 2.24) is 19.7 Å². The molecule has 0 atom stereocenters. The molecule has 0 amide bonds. The first-order valence-electron chi connectivity index (χ1n) is 9.19. The average molecular weight is 412 g/mol. The van der Waals surface area contributed by atoms with Gasteiger partial charge in [0.1, 0.15) is 11.4 Å². The molecule has 2 heterocycles. The molecule has 7 nitrogen and oxygen atoms in total. The minimum absolute atomic E-state index is 0.00817. The average Bonchev–Trinajstić information content (AvgIpc) is 3.07. The normalized spacial score (nSPS) is 11.5. The van der Waals surface area contributed by atoms with E-state index in [-0.39, 0.29) is 16.8 Å². The minimum atomic E-state index is -1.09. The molecule has 0 fully saturated rings. The first-order valence-corrected chi connectivity index (χ1v) is 10.4. The summed E-state index contributed by atoms with van der Waals surface area (Å²) in [5.74, 6) is -0.199. The lowest BCUT2D eigenvalue weighted by Gasteiger charge is -2.15. The molecule has 8 heteroatoms. The molecule has 29 heavy (non-hydrogen) atoms. The quantitative estimate of drug-likeness (QED) is 0.463. The van der Waals surface area contributed by atoms with Crippen LogP contribution in [0.15, 0.2) is 35.6 Å². The van der Waals surface area contributed by atoms with Gasteiger partial charge in [0.05, 0.1) is 11.4 Å². The van der Waals surface area contributed by atoms with Gasteiger partial charge in [0.2, 0.25) is 0 Å². The van der Waals surface area contributed by atoms with Crippen LogP contribution in [0.3, 0.4) is 0 Å². The number of benzene rings is 1. The van der Waals surface area contributed by atoms with E-state index in [9.17, 15) is 9.90 Å². The molecule has 2 N–H and O–H groups in total. The summed E-state index contributed by atoms with van der Waals surface area (Å²) in [6.07, 6.45) is 3.17. The van der Waals surface area contributed by atoms with Gasteiger partial charge < -0.3 is 10.4 Å². The number of rotatable bonds is 5. The Morgan fingerprint density at radius 3 is 2.55 bits per heavy atom. The van der Waals surface area contributed by atoms with Crippen LogP contribution in [0.5, 0.6) is 0 Å². The zero-order valence-corrected chi connectivity index (χ0v) is 18.3. The molecule has 0 aliphatic rings. The Kier molecular flexibility index (Phi) is 5.66. The topological polar surface area (TPSA) is 92.9 Å². The van der Waals surface area contributed by atoms with Gasteiger partial charge in [0.25, 0.3) is 0 Å². The van der Waals surface area contributed by atoms with E-state index >= 15 is 0 Å². The molecular weight excluding hydrogens is 386 g/mol. The first-order chi connectivity index (χ1) is 13.6. The Labute approximate surface area is 174 Å². The molecule has 3 rings (SSSR count). The highest BCUT2D eigenvalue weighted by molar-refractivity contribution is 7.98. The fourth-order valence-electron chi connectivity index (χ4n) is 2.81. The highest BCUT2D eigenvalue weighted by Crippen LogP contribution is 2.30. The maximum absolute atomic E-state index is 11.7. The summed E-state index contributed by atoms with van der Waals surface area (Å²) in [5, 5.41) is 18.1. The molecule has 0 unspecified atom stereocenters. The van der Waals surface area contributed by atoms with Gasteiger partial charge in [-0.3, -0.25) is 0 Å². The van der Waals surface area contributed by atoms with Crippen molar-refractivity contribution in [2.45, 2.75) is 45.2 Å². The molecule has 152 valence electrons. The van der Waals surface area contributed by atoms with Crippen molar-refractivity contribution in [3.63, 3.8) is 0 Å². The molecule has 0 saturated heterocycles. The van der Waals surface area contributed by atoms with Gasteiger partial charge in [-0.1, -0.05) is 44.7 Å². The molecular formula is C21H25N5O2S. The van der Waals surface area contributed by atoms with Crippen LogP contribution in [0.4, 0.5) is 11.6 Å². The van der Waals surface area contributed by atoms with Gasteiger partial charge in [-0.2, -0.15) is 5.10 Å². The van der Waals surface area contributed by atoms with Crippen LogP contribution in [0.25, 0.3) is 5.69 Å². The lowest BCUT2D eigenvalue weighted by Crippen LogP contribution is -2.13. The van der Waals surface area contributed by atoms with E-state index in [0.717, 1.165) is 22.5 Å². The van der Waals surface area contributed by atoms with E-state index in [4.69, 9.17) is 5.10 Å². The van der Waals surface area contributed by atoms with Crippen molar-refractivity contribution in [3.8, 4) is 5.69 Å². The molecule has 0 saturated carbocycles. The van der Waals surface area contributed by atoms with Crippen LogP contribution in [-0.2, 0) is 5.41 Å². The Morgan fingerprint density at radius 2 is 1.93 bits per heavy atom. The fourth-order valence-corrected chi connectivity index (χ4v) is 3.15. The van der Waals surface area contributed by atoms with E-state index in [1.54, 1.807) is 0 Å². The van der Waals surface area contributed by atoms with Crippen LogP contribution < -0.4 is 5.32 Å². The third-order valence-corrected chi connectivity index (χ3v) is 5.06. The fraction of sp³-hybridized carbons (Fsp3) is 0.333. The van der Waals surface area contributed by atoms with Crippen LogP contribution in [0, 0.1) is 13.8 Å². The van der Waals surface area contributed by atoms with Crippen molar-refractivity contribution in [2.24, 2.45) is 0 Å². The number of aromatic nitrogens is 4. The number of nitrogens with one attached hydrogen (secondary N) is 1. The lowest BCUT2D eigenvalue weighted by atomic mass is 9.92. The Hall–Kier alpha value is -2.87. The van der Waals surface area contributed by atoms with Gasteiger partial charge in [-0.25, -0.2) is 19.4 Å². The lowest BCUT2D eigenvalue weighted by molar-refractivity contribution is 0.0697. The third-order valence-electron chi connectivity index (χ3n) is 4.50. The molecule has 1 aromatic carbocycles. The van der Waals surface area contributed by atoms with Crippen molar-refractivity contribution in [3.05, 3.63) is 52.8 Å². The Bertz CT molecular complexity index is 1070. The Morgan fingerprint density at radius 1 is 1.21 bits per heavy atom. The van der Waals surface area contributed by atoms with Crippen LogP contribution in [0.1, 0.15) is 48.0 Å². The predicted molar refractivity (Wildman–Crippen MR) is 116 cm³/mol. The molecule has 0 radical (unpaired) electrons. The second kappa shape index (κ2) is 7.87. The van der Waals surface area contributed by atoms with Gasteiger partial charge in [0, 0.05) is 17.7 Å². The predicted octanol–water partition coefficient (Wildman–Crippen LogP) is 4.74. The van der Waals surface area contributed by atoms with Crippen LogP contribution in [0.2, 0.25) is 0 Å². The summed E-state index contributed by atoms with van der Waals surface area (Å²) in [5.41, 5.74) is 3.82. The summed E-state index contributed by atoms with van der Waals surface area (Å²) in [6.45, 7) is 10.3. The number of nitrogens with zero attached hydrogens (tertiary/aromatic N) is 4. The second-order valence-electron chi connectivity index (χ2n) is 7.92. The highest BCUT2D eigenvalue weighted by atomic mass is 32.2. The monoisotopic (exact) mass is 411 g/mol. The van der Waals surface area contributed by atoms with Gasteiger partial charge in [-0.15, -0.1) is 0 Å². The summed E-state index contributed by atoms with van der Waals surface area (Å²) >= 11 is 1.35. The number of hydrogen-bond donors (Lipinski definition) is 2. The SMILES string of the molecule is CSc1ncc(C(=O)O)c(Nc2cc(C(C)(C)C)nn2-c2cc(C)ccc2C)n1. The van der Waals surface area contributed by atoms with Crippen LogP contribution >= 0.6 is 11.8 Å². The number of thioether (sulfide) groups is 1. The highest BCUT2D eigenvalue weighted by Gasteiger charge is 2.23. The number of carboxylic acids is 1. The molecule has 0 aliphatic carbocycles. The Balaban J connectivity index is 2.18. The van der Waals surface area contributed by atoms with Gasteiger partial charge >= 0.3 is 5.97 Å². The van der Waals surface area contributed by atoms with E-state index in [0.29, 0.717) is 11.0 Å². The number of hydrogen-bond acceptors (Lipinski definition) is 6. The van der Waals surface area contributed by atoms with Crippen molar-refractivity contribution in [2.75, 3.05) is 11.6 Å². The second-order valence-corrected chi connectivity index (χ2v) is 8.69. The maximum atomic E-state index is 11.7. The van der Waals surface area contributed by atoms with E-state index < -0.39 is 5.97 Å². The molecule has 0 bridgehead atoms. The molecule has 0 spiro atoms. The number of carboxylic acid groups (broad SMARTS) is 1. The zero-order chi connectivity index (χ0) is 21.3. The van der Waals surface area contributed by atoms with Gasteiger partial charge in [0.15, 0.2) is 11.0 Å². The number of aryl methyl sites for hydroxylation is 2. The van der Waals surface area contributed by atoms with E-state index in [1.807, 2.05) is 36.9 Å². The zero-order valence-electron chi connectivity index (χ0n) is 17.4. The molecule has 0 aliphatic heterocycles. The van der Waals surface area contributed by atoms with E-state index in [2.05, 4.69) is 48.2 Å². The molecule has 2 aromatic heterocycles.